The highest BCUT2D eigenvalue weighted by atomic mass is 16.5. The number of hydrogen-bond donors (Lipinski definition) is 2. The summed E-state index contributed by atoms with van der Waals surface area (Å²) in [5, 5.41) is 12.3. The fourth-order valence-corrected chi connectivity index (χ4v) is 1.16. The maximum absolute atomic E-state index is 9.98. The number of aliphatic hydroxyl groups excluding tert-OH is 1. The molecule has 0 saturated heterocycles. The minimum atomic E-state index is -3.14. The van der Waals surface area contributed by atoms with Gasteiger partial charge in [-0.2, -0.15) is 0 Å². The molecule has 0 heterocycles. The molecule has 0 aliphatic rings. The van der Waals surface area contributed by atoms with Crippen molar-refractivity contribution in [1.29, 1.82) is 0 Å². The summed E-state index contributed by atoms with van der Waals surface area (Å²) >= 11 is 0. The van der Waals surface area contributed by atoms with Crippen LogP contribution in [0.3, 0.4) is 0 Å². The van der Waals surface area contributed by atoms with E-state index in [4.69, 9.17) is 18.4 Å². The van der Waals surface area contributed by atoms with Crippen molar-refractivity contribution in [1.82, 2.24) is 5.32 Å². The van der Waals surface area contributed by atoms with E-state index in [1.807, 2.05) is 0 Å². The molecule has 0 saturated carbocycles. The lowest BCUT2D eigenvalue weighted by atomic mass is 10.1. The van der Waals surface area contributed by atoms with Crippen molar-refractivity contribution in [3.05, 3.63) is 29.8 Å². The minimum Gasteiger partial charge on any atom is -0.491 e. The molecule has 0 amide bonds. The maximum atomic E-state index is 9.98. The Labute approximate surface area is 129 Å². The zero-order valence-electron chi connectivity index (χ0n) is 20.9. The molecule has 0 aliphatic heterocycles. The van der Waals surface area contributed by atoms with Crippen LogP contribution in [-0.2, 0) is 11.1 Å². The summed E-state index contributed by atoms with van der Waals surface area (Å²) in [6.07, 6.45) is -4.40. The normalized spacial score (nSPS) is 23.9. The van der Waals surface area contributed by atoms with Gasteiger partial charge in [-0.05, 0) is 24.1 Å². The van der Waals surface area contributed by atoms with Gasteiger partial charge in [-0.15, -0.1) is 0 Å². The second-order valence-electron chi connectivity index (χ2n) is 3.95. The van der Waals surface area contributed by atoms with Crippen molar-refractivity contribution in [2.24, 2.45) is 0 Å². The Bertz CT molecular complexity index is 670. The molecule has 1 atom stereocenters. The molecule has 0 aliphatic carbocycles. The molecule has 0 bridgehead atoms. The largest absolute Gasteiger partial charge is 0.491 e. The third kappa shape index (κ3) is 7.15. The number of aliphatic hydroxyl groups is 1. The number of benzene rings is 1. The first-order chi connectivity index (χ1) is 12.8. The van der Waals surface area contributed by atoms with E-state index in [0.29, 0.717) is 0 Å². The maximum Gasteiger partial charge on any atom is 0.119 e. The van der Waals surface area contributed by atoms with E-state index in [9.17, 15) is 5.11 Å². The van der Waals surface area contributed by atoms with Crippen LogP contribution in [0.4, 0.5) is 0 Å². The van der Waals surface area contributed by atoms with Gasteiger partial charge in [-0.25, -0.2) is 0 Å². The van der Waals surface area contributed by atoms with Gasteiger partial charge in [0.25, 0.3) is 0 Å². The molecule has 0 radical (unpaired) electrons. The van der Waals surface area contributed by atoms with E-state index >= 15 is 0 Å². The first-order valence-corrected chi connectivity index (χ1v) is 5.68. The summed E-state index contributed by atoms with van der Waals surface area (Å²) in [6, 6.07) is 3.55. The highest BCUT2D eigenvalue weighted by Crippen LogP contribution is 2.12. The molecule has 1 unspecified atom stereocenters. The summed E-state index contributed by atoms with van der Waals surface area (Å²) in [6.45, 7) is -3.07. The van der Waals surface area contributed by atoms with Gasteiger partial charge in [0.15, 0.2) is 0 Å². The van der Waals surface area contributed by atoms with E-state index in [2.05, 4.69) is 10.1 Å². The first-order valence-electron chi connectivity index (χ1n) is 10.7. The standard InChI is InChI=1S/C15H25NO3/c1-12(2)16-10-14(17)11-19-15-6-4-13(5-7-15)8-9-18-3/h4-7,12,14,16-17H,8-11H2,1-3H3/i3D3,8D2,9D2,10D2,12D. The van der Waals surface area contributed by atoms with Crippen molar-refractivity contribution >= 4 is 0 Å². The number of aryl methyl sites for hydroxylation is 1. The molecule has 1 rings (SSSR count). The fraction of sp³-hybridized carbons (Fsp3) is 0.600. The molecule has 19 heavy (non-hydrogen) atoms. The summed E-state index contributed by atoms with van der Waals surface area (Å²) in [5.41, 5.74) is -0.201. The molecule has 2 N–H and O–H groups in total. The van der Waals surface area contributed by atoms with Gasteiger partial charge in [0.05, 0.1) is 13.4 Å². The molecule has 108 valence electrons. The highest BCUT2D eigenvalue weighted by molar-refractivity contribution is 5.27. The van der Waals surface area contributed by atoms with Crippen molar-refractivity contribution in [3.8, 4) is 5.75 Å². The van der Waals surface area contributed by atoms with Crippen LogP contribution >= 0.6 is 0 Å². The van der Waals surface area contributed by atoms with Crippen molar-refractivity contribution < 1.29 is 28.3 Å². The Balaban J connectivity index is 2.84. The number of rotatable bonds is 9. The average Bonchev–Trinajstić information content (AvgIpc) is 2.48. The van der Waals surface area contributed by atoms with Crippen LogP contribution in [0.5, 0.6) is 5.75 Å². The Kier molecular flexibility index (Phi) is 3.08. The van der Waals surface area contributed by atoms with Crippen LogP contribution in [0.2, 0.25) is 0 Å². The van der Waals surface area contributed by atoms with Gasteiger partial charge in [0.2, 0.25) is 0 Å². The smallest absolute Gasteiger partial charge is 0.119 e. The topological polar surface area (TPSA) is 50.7 Å². The van der Waals surface area contributed by atoms with Gasteiger partial charge in [-0.1, -0.05) is 26.0 Å². The highest BCUT2D eigenvalue weighted by Gasteiger charge is 2.05. The summed E-state index contributed by atoms with van der Waals surface area (Å²) in [5.74, 6) is 0.141. The van der Waals surface area contributed by atoms with Crippen molar-refractivity contribution in [2.45, 2.75) is 32.3 Å². The third-order valence-corrected chi connectivity index (χ3v) is 2.00. The second-order valence-corrected chi connectivity index (χ2v) is 3.95. The molecular weight excluding hydrogens is 242 g/mol. The van der Waals surface area contributed by atoms with E-state index in [0.717, 1.165) is 0 Å². The molecule has 0 aromatic heterocycles. The zero-order chi connectivity index (χ0) is 22.9. The Morgan fingerprint density at radius 1 is 1.42 bits per heavy atom. The van der Waals surface area contributed by atoms with E-state index < -0.39 is 45.2 Å². The van der Waals surface area contributed by atoms with Crippen LogP contribution in [0.25, 0.3) is 0 Å². The SMILES string of the molecule is [2H]C(C)(C)NC([2H])([2H])C(O)COc1ccc(C([2H])([2H])C([2H])([2H])OC([2H])([2H])[2H])cc1. The molecule has 4 heteroatoms. The fourth-order valence-electron chi connectivity index (χ4n) is 1.16. The summed E-state index contributed by atoms with van der Waals surface area (Å²) in [4.78, 5) is 0. The predicted octanol–water partition coefficient (Wildman–Crippen LogP) is 1.61. The molecule has 1 aromatic carbocycles. The Hall–Kier alpha value is -1.10. The van der Waals surface area contributed by atoms with Gasteiger partial charge < -0.3 is 19.9 Å². The van der Waals surface area contributed by atoms with Crippen LogP contribution < -0.4 is 10.1 Å². The molecule has 1 aromatic rings. The first kappa shape index (κ1) is 6.57. The lowest BCUT2D eigenvalue weighted by Crippen LogP contribution is -2.35. The Morgan fingerprint density at radius 2 is 2.16 bits per heavy atom. The Morgan fingerprint density at radius 3 is 2.79 bits per heavy atom. The zero-order valence-corrected chi connectivity index (χ0v) is 10.9. The van der Waals surface area contributed by atoms with Crippen LogP contribution in [0, 0.1) is 0 Å². The van der Waals surface area contributed by atoms with Gasteiger partial charge in [-0.3, -0.25) is 0 Å². The van der Waals surface area contributed by atoms with Crippen LogP contribution in [0.15, 0.2) is 24.3 Å². The van der Waals surface area contributed by atoms with Gasteiger partial charge in [0, 0.05) is 26.4 Å². The van der Waals surface area contributed by atoms with Crippen molar-refractivity contribution in [3.63, 3.8) is 0 Å². The summed E-state index contributed by atoms with van der Waals surface area (Å²) in [7, 11) is -3.13. The predicted molar refractivity (Wildman–Crippen MR) is 76.7 cm³/mol. The van der Waals surface area contributed by atoms with Crippen LogP contribution in [-0.4, -0.2) is 43.9 Å². The van der Waals surface area contributed by atoms with E-state index in [1.165, 1.54) is 38.1 Å². The molecule has 4 nitrogen and oxygen atoms in total. The second kappa shape index (κ2) is 8.91. The van der Waals surface area contributed by atoms with Crippen molar-refractivity contribution in [2.75, 3.05) is 26.7 Å². The number of hydrogen-bond acceptors (Lipinski definition) is 4. The van der Waals surface area contributed by atoms with E-state index in [-0.39, 0.29) is 11.3 Å². The van der Waals surface area contributed by atoms with Gasteiger partial charge >= 0.3 is 0 Å². The molecule has 0 fully saturated rings. The average molecular weight is 277 g/mol. The van der Waals surface area contributed by atoms with Crippen LogP contribution in [0.1, 0.15) is 33.1 Å². The lowest BCUT2D eigenvalue weighted by molar-refractivity contribution is 0.104. The molecular formula is C15H25NO3. The third-order valence-electron chi connectivity index (χ3n) is 2.00. The van der Waals surface area contributed by atoms with E-state index in [1.54, 1.807) is 0 Å². The number of nitrogens with one attached hydrogen (secondary N) is 1. The lowest BCUT2D eigenvalue weighted by Gasteiger charge is -2.15. The monoisotopic (exact) mass is 277 g/mol. The van der Waals surface area contributed by atoms with Gasteiger partial charge in [0.1, 0.15) is 18.5 Å². The number of methoxy groups -OCH3 is 1. The summed E-state index contributed by atoms with van der Waals surface area (Å²) < 4.78 is 84.7. The minimum absolute atomic E-state index is 0.141. The number of ether oxygens (including phenoxy) is 2. The molecule has 0 spiro atoms. The quantitative estimate of drug-likeness (QED) is 0.720.